The normalized spacial score (nSPS) is 22.8. The molecule has 0 unspecified atom stereocenters. The average molecular weight is 248 g/mol. The van der Waals surface area contributed by atoms with E-state index in [-0.39, 0.29) is 11.5 Å². The van der Waals surface area contributed by atoms with Crippen molar-refractivity contribution in [1.29, 1.82) is 5.26 Å². The fourth-order valence-corrected chi connectivity index (χ4v) is 2.32. The lowest BCUT2D eigenvalue weighted by molar-refractivity contribution is -0.142. The molecule has 1 N–H and O–H groups in total. The maximum absolute atomic E-state index is 13.8. The largest absolute Gasteiger partial charge is 0.481 e. The number of rotatable bonds is 2. The SMILES string of the molecule is C[C@@H]1CN(c2ccc(C#N)cc2F)C[C@H]1C(=O)O. The zero-order valence-corrected chi connectivity index (χ0v) is 9.93. The third kappa shape index (κ3) is 2.14. The third-order valence-corrected chi connectivity index (χ3v) is 3.35. The Bertz CT molecular complexity index is 524. The number of nitrogens with zero attached hydrogens (tertiary/aromatic N) is 2. The van der Waals surface area contributed by atoms with Crippen LogP contribution in [0.2, 0.25) is 0 Å². The number of carboxylic acids is 1. The average Bonchev–Trinajstić information content (AvgIpc) is 2.71. The Morgan fingerprint density at radius 3 is 2.78 bits per heavy atom. The fourth-order valence-electron chi connectivity index (χ4n) is 2.32. The summed E-state index contributed by atoms with van der Waals surface area (Å²) in [6, 6.07) is 6.11. The number of benzene rings is 1. The second kappa shape index (κ2) is 4.65. The van der Waals surface area contributed by atoms with Gasteiger partial charge >= 0.3 is 5.97 Å². The highest BCUT2D eigenvalue weighted by atomic mass is 19.1. The van der Waals surface area contributed by atoms with Gasteiger partial charge in [0, 0.05) is 13.1 Å². The van der Waals surface area contributed by atoms with E-state index >= 15 is 0 Å². The van der Waals surface area contributed by atoms with Gasteiger partial charge in [0.1, 0.15) is 5.82 Å². The number of hydrogen-bond donors (Lipinski definition) is 1. The van der Waals surface area contributed by atoms with Crippen molar-refractivity contribution in [3.05, 3.63) is 29.6 Å². The topological polar surface area (TPSA) is 64.3 Å². The molecule has 1 aromatic rings. The molecule has 18 heavy (non-hydrogen) atoms. The maximum Gasteiger partial charge on any atom is 0.308 e. The molecule has 0 spiro atoms. The van der Waals surface area contributed by atoms with Gasteiger partial charge in [-0.15, -0.1) is 0 Å². The lowest BCUT2D eigenvalue weighted by Gasteiger charge is -2.18. The van der Waals surface area contributed by atoms with E-state index in [1.807, 2.05) is 13.0 Å². The molecule has 0 saturated carbocycles. The van der Waals surface area contributed by atoms with Gasteiger partial charge in [-0.25, -0.2) is 4.39 Å². The first-order valence-electron chi connectivity index (χ1n) is 5.70. The maximum atomic E-state index is 13.8. The molecule has 5 heteroatoms. The first-order chi connectivity index (χ1) is 8.52. The van der Waals surface area contributed by atoms with Gasteiger partial charge in [-0.1, -0.05) is 6.92 Å². The molecule has 4 nitrogen and oxygen atoms in total. The van der Waals surface area contributed by atoms with Crippen LogP contribution in [-0.2, 0) is 4.79 Å². The summed E-state index contributed by atoms with van der Waals surface area (Å²) < 4.78 is 13.8. The Hall–Kier alpha value is -2.09. The summed E-state index contributed by atoms with van der Waals surface area (Å²) >= 11 is 0. The number of nitriles is 1. The van der Waals surface area contributed by atoms with Crippen LogP contribution < -0.4 is 4.90 Å². The van der Waals surface area contributed by atoms with Crippen molar-refractivity contribution in [2.24, 2.45) is 11.8 Å². The third-order valence-electron chi connectivity index (χ3n) is 3.35. The minimum absolute atomic E-state index is 0.0162. The van der Waals surface area contributed by atoms with Crippen molar-refractivity contribution < 1.29 is 14.3 Å². The van der Waals surface area contributed by atoms with Crippen LogP contribution in [0.4, 0.5) is 10.1 Å². The standard InChI is InChI=1S/C13H13FN2O2/c1-8-6-16(7-10(8)13(17)18)12-3-2-9(5-15)4-11(12)14/h2-4,8,10H,6-7H2,1H3,(H,17,18)/t8-,10-/m1/s1. The Kier molecular flexibility index (Phi) is 3.19. The number of carbonyl (C=O) groups is 1. The molecular formula is C13H13FN2O2. The van der Waals surface area contributed by atoms with Crippen LogP contribution in [0.15, 0.2) is 18.2 Å². The van der Waals surface area contributed by atoms with Gasteiger partial charge in [-0.3, -0.25) is 4.79 Å². The van der Waals surface area contributed by atoms with Crippen LogP contribution in [0, 0.1) is 29.0 Å². The second-order valence-corrected chi connectivity index (χ2v) is 4.60. The number of carboxylic acid groups (broad SMARTS) is 1. The van der Waals surface area contributed by atoms with Crippen molar-refractivity contribution in [1.82, 2.24) is 0 Å². The minimum atomic E-state index is -0.848. The fraction of sp³-hybridized carbons (Fsp3) is 0.385. The molecule has 1 saturated heterocycles. The summed E-state index contributed by atoms with van der Waals surface area (Å²) in [6.07, 6.45) is 0. The first kappa shape index (κ1) is 12.4. The molecule has 2 rings (SSSR count). The molecule has 2 atom stereocenters. The number of halogens is 1. The molecule has 1 aliphatic rings. The summed E-state index contributed by atoms with van der Waals surface area (Å²) in [5.41, 5.74) is 0.628. The highest BCUT2D eigenvalue weighted by Gasteiger charge is 2.35. The van der Waals surface area contributed by atoms with Crippen LogP contribution in [0.3, 0.4) is 0 Å². The quantitative estimate of drug-likeness (QED) is 0.867. The molecule has 0 bridgehead atoms. The van der Waals surface area contributed by atoms with Crippen LogP contribution in [0.1, 0.15) is 12.5 Å². The van der Waals surface area contributed by atoms with E-state index in [9.17, 15) is 9.18 Å². The molecule has 0 amide bonds. The van der Waals surface area contributed by atoms with E-state index in [2.05, 4.69) is 0 Å². The summed E-state index contributed by atoms with van der Waals surface area (Å²) in [7, 11) is 0. The van der Waals surface area contributed by atoms with Crippen molar-refractivity contribution >= 4 is 11.7 Å². The molecular weight excluding hydrogens is 235 g/mol. The van der Waals surface area contributed by atoms with Gasteiger partial charge in [-0.05, 0) is 24.1 Å². The molecule has 0 aromatic heterocycles. The Labute approximate surface area is 104 Å². The smallest absolute Gasteiger partial charge is 0.308 e. The zero-order valence-electron chi connectivity index (χ0n) is 9.93. The lowest BCUT2D eigenvalue weighted by Crippen LogP contribution is -2.23. The molecule has 0 aliphatic carbocycles. The molecule has 0 radical (unpaired) electrons. The number of hydrogen-bond acceptors (Lipinski definition) is 3. The highest BCUT2D eigenvalue weighted by molar-refractivity contribution is 5.72. The van der Waals surface area contributed by atoms with Crippen molar-refractivity contribution in [2.45, 2.75) is 6.92 Å². The number of anilines is 1. The van der Waals surface area contributed by atoms with E-state index in [1.54, 1.807) is 4.90 Å². The van der Waals surface area contributed by atoms with Gasteiger partial charge in [-0.2, -0.15) is 5.26 Å². The van der Waals surface area contributed by atoms with Gasteiger partial charge in [0.05, 0.1) is 23.2 Å². The molecule has 1 fully saturated rings. The minimum Gasteiger partial charge on any atom is -0.481 e. The molecule has 94 valence electrons. The van der Waals surface area contributed by atoms with Gasteiger partial charge in [0.15, 0.2) is 0 Å². The zero-order chi connectivity index (χ0) is 13.3. The van der Waals surface area contributed by atoms with E-state index in [0.717, 1.165) is 0 Å². The van der Waals surface area contributed by atoms with Gasteiger partial charge in [0.2, 0.25) is 0 Å². The summed E-state index contributed by atoms with van der Waals surface area (Å²) in [6.45, 7) is 2.67. The van der Waals surface area contributed by atoms with Crippen LogP contribution in [-0.4, -0.2) is 24.2 Å². The van der Waals surface area contributed by atoms with E-state index in [4.69, 9.17) is 10.4 Å². The monoisotopic (exact) mass is 248 g/mol. The van der Waals surface area contributed by atoms with E-state index in [1.165, 1.54) is 18.2 Å². The summed E-state index contributed by atoms with van der Waals surface area (Å²) in [4.78, 5) is 12.7. The van der Waals surface area contributed by atoms with Crippen LogP contribution in [0.25, 0.3) is 0 Å². The van der Waals surface area contributed by atoms with Gasteiger partial charge < -0.3 is 10.0 Å². The summed E-state index contributed by atoms with van der Waals surface area (Å²) in [5.74, 6) is -1.82. The van der Waals surface area contributed by atoms with E-state index < -0.39 is 17.7 Å². The summed E-state index contributed by atoms with van der Waals surface area (Å²) in [5, 5.41) is 17.7. The van der Waals surface area contributed by atoms with Crippen molar-refractivity contribution in [2.75, 3.05) is 18.0 Å². The second-order valence-electron chi connectivity index (χ2n) is 4.60. The molecule has 1 aromatic carbocycles. The van der Waals surface area contributed by atoms with Crippen molar-refractivity contribution in [3.63, 3.8) is 0 Å². The Morgan fingerprint density at radius 1 is 1.56 bits per heavy atom. The van der Waals surface area contributed by atoms with Gasteiger partial charge in [0.25, 0.3) is 0 Å². The predicted octanol–water partition coefficient (Wildman–Crippen LogP) is 1.85. The molecule has 1 aliphatic heterocycles. The highest BCUT2D eigenvalue weighted by Crippen LogP contribution is 2.30. The van der Waals surface area contributed by atoms with Crippen LogP contribution in [0.5, 0.6) is 0 Å². The van der Waals surface area contributed by atoms with Crippen LogP contribution >= 0.6 is 0 Å². The first-order valence-corrected chi connectivity index (χ1v) is 5.70. The van der Waals surface area contributed by atoms with E-state index in [0.29, 0.717) is 18.8 Å². The Balaban J connectivity index is 2.24. The Morgan fingerprint density at radius 2 is 2.28 bits per heavy atom. The predicted molar refractivity (Wildman–Crippen MR) is 63.6 cm³/mol. The lowest BCUT2D eigenvalue weighted by atomic mass is 9.99. The van der Waals surface area contributed by atoms with Crippen molar-refractivity contribution in [3.8, 4) is 6.07 Å². The molecule has 1 heterocycles. The number of aliphatic carboxylic acids is 1.